The predicted molar refractivity (Wildman–Crippen MR) is 71.8 cm³/mol. The Balaban J connectivity index is 2.14. The van der Waals surface area contributed by atoms with Gasteiger partial charge in [0.05, 0.1) is 5.56 Å². The van der Waals surface area contributed by atoms with E-state index in [9.17, 15) is 4.79 Å². The molecule has 0 aromatic heterocycles. The van der Waals surface area contributed by atoms with E-state index < -0.39 is 0 Å². The average molecular weight is 297 g/mol. The van der Waals surface area contributed by atoms with Gasteiger partial charge in [-0.1, -0.05) is 19.1 Å². The van der Waals surface area contributed by atoms with Crippen LogP contribution in [0.15, 0.2) is 28.7 Å². The molecule has 0 radical (unpaired) electrons. The van der Waals surface area contributed by atoms with Crippen molar-refractivity contribution in [2.75, 3.05) is 13.1 Å². The number of likely N-dealkylation sites (tertiary alicyclic amines) is 1. The molecule has 2 atom stereocenters. The largest absolute Gasteiger partial charge is 0.338 e. The van der Waals surface area contributed by atoms with E-state index in [0.29, 0.717) is 5.92 Å². The van der Waals surface area contributed by atoms with E-state index in [-0.39, 0.29) is 11.9 Å². The van der Waals surface area contributed by atoms with Crippen LogP contribution in [-0.2, 0) is 0 Å². The van der Waals surface area contributed by atoms with Gasteiger partial charge in [-0.25, -0.2) is 0 Å². The molecule has 0 bridgehead atoms. The number of carbonyl (C=O) groups is 1. The first kappa shape index (κ1) is 12.6. The summed E-state index contributed by atoms with van der Waals surface area (Å²) in [6.07, 6.45) is 0.886. The van der Waals surface area contributed by atoms with Crippen molar-refractivity contribution in [3.8, 4) is 0 Å². The second-order valence-corrected chi connectivity index (χ2v) is 5.52. The van der Waals surface area contributed by atoms with Crippen molar-refractivity contribution < 1.29 is 4.79 Å². The fraction of sp³-hybridized carbons (Fsp3) is 0.462. The third-order valence-electron chi connectivity index (χ3n) is 3.36. The van der Waals surface area contributed by atoms with Crippen LogP contribution in [0.1, 0.15) is 23.7 Å². The van der Waals surface area contributed by atoms with Crippen LogP contribution in [0.4, 0.5) is 0 Å². The van der Waals surface area contributed by atoms with Gasteiger partial charge in [0.2, 0.25) is 0 Å². The Kier molecular flexibility index (Phi) is 3.84. The molecule has 0 aliphatic carbocycles. The number of benzene rings is 1. The topological polar surface area (TPSA) is 46.3 Å². The molecular formula is C13H17BrN2O. The molecule has 1 aromatic rings. The fourth-order valence-corrected chi connectivity index (χ4v) is 2.61. The molecule has 2 rings (SSSR count). The molecule has 17 heavy (non-hydrogen) atoms. The Morgan fingerprint density at radius 2 is 2.18 bits per heavy atom. The minimum Gasteiger partial charge on any atom is -0.338 e. The third-order valence-corrected chi connectivity index (χ3v) is 4.05. The van der Waals surface area contributed by atoms with Gasteiger partial charge < -0.3 is 10.6 Å². The molecule has 92 valence electrons. The van der Waals surface area contributed by atoms with E-state index >= 15 is 0 Å². The normalized spacial score (nSPS) is 24.8. The van der Waals surface area contributed by atoms with Gasteiger partial charge in [0.15, 0.2) is 0 Å². The molecule has 1 amide bonds. The first-order valence-corrected chi connectivity index (χ1v) is 6.68. The van der Waals surface area contributed by atoms with E-state index in [2.05, 4.69) is 22.9 Å². The smallest absolute Gasteiger partial charge is 0.255 e. The molecule has 1 aliphatic rings. The van der Waals surface area contributed by atoms with Crippen LogP contribution in [0.5, 0.6) is 0 Å². The Labute approximate surface area is 110 Å². The Morgan fingerprint density at radius 3 is 2.82 bits per heavy atom. The van der Waals surface area contributed by atoms with Crippen LogP contribution in [0, 0.1) is 5.92 Å². The lowest BCUT2D eigenvalue weighted by Crippen LogP contribution is -2.48. The van der Waals surface area contributed by atoms with E-state index in [1.54, 1.807) is 0 Å². The Bertz CT molecular complexity index is 422. The van der Waals surface area contributed by atoms with Gasteiger partial charge in [0.1, 0.15) is 0 Å². The first-order chi connectivity index (χ1) is 8.09. The summed E-state index contributed by atoms with van der Waals surface area (Å²) >= 11 is 3.42. The van der Waals surface area contributed by atoms with Gasteiger partial charge in [-0.2, -0.15) is 0 Å². The van der Waals surface area contributed by atoms with Crippen LogP contribution >= 0.6 is 15.9 Å². The summed E-state index contributed by atoms with van der Waals surface area (Å²) < 4.78 is 0.854. The lowest BCUT2D eigenvalue weighted by Gasteiger charge is -2.35. The number of nitrogens with two attached hydrogens (primary N) is 1. The predicted octanol–water partition coefficient (Wildman–Crippen LogP) is 2.26. The molecule has 1 saturated heterocycles. The highest BCUT2D eigenvalue weighted by atomic mass is 79.9. The number of amides is 1. The molecule has 1 aliphatic heterocycles. The highest BCUT2D eigenvalue weighted by Crippen LogP contribution is 2.21. The summed E-state index contributed by atoms with van der Waals surface area (Å²) in [4.78, 5) is 14.2. The standard InChI is InChI=1S/C13H17BrN2O/c1-9-8-16(7-6-12(9)15)13(17)10-4-2-3-5-11(10)14/h2-5,9,12H,6-8,15H2,1H3. The van der Waals surface area contributed by atoms with Gasteiger partial charge in [0.25, 0.3) is 5.91 Å². The van der Waals surface area contributed by atoms with Crippen molar-refractivity contribution in [3.05, 3.63) is 34.3 Å². The number of rotatable bonds is 1. The molecule has 2 unspecified atom stereocenters. The van der Waals surface area contributed by atoms with Crippen molar-refractivity contribution in [1.82, 2.24) is 4.90 Å². The zero-order valence-corrected chi connectivity index (χ0v) is 11.5. The molecule has 4 heteroatoms. The minimum absolute atomic E-state index is 0.0937. The summed E-state index contributed by atoms with van der Waals surface area (Å²) in [5.41, 5.74) is 6.69. The molecular weight excluding hydrogens is 280 g/mol. The van der Waals surface area contributed by atoms with E-state index in [1.807, 2.05) is 29.2 Å². The Hall–Kier alpha value is -0.870. The number of halogens is 1. The first-order valence-electron chi connectivity index (χ1n) is 5.89. The maximum absolute atomic E-state index is 12.3. The van der Waals surface area contributed by atoms with Crippen molar-refractivity contribution in [2.45, 2.75) is 19.4 Å². The number of hydrogen-bond donors (Lipinski definition) is 1. The molecule has 1 aromatic carbocycles. The van der Waals surface area contributed by atoms with Gasteiger partial charge in [-0.15, -0.1) is 0 Å². The summed E-state index contributed by atoms with van der Waals surface area (Å²) in [5.74, 6) is 0.464. The summed E-state index contributed by atoms with van der Waals surface area (Å²) in [6, 6.07) is 7.77. The fourth-order valence-electron chi connectivity index (χ4n) is 2.15. The monoisotopic (exact) mass is 296 g/mol. The summed E-state index contributed by atoms with van der Waals surface area (Å²) in [5, 5.41) is 0. The Morgan fingerprint density at radius 1 is 1.47 bits per heavy atom. The van der Waals surface area contributed by atoms with Gasteiger partial charge in [-0.05, 0) is 40.4 Å². The van der Waals surface area contributed by atoms with Gasteiger partial charge in [-0.3, -0.25) is 4.79 Å². The maximum Gasteiger partial charge on any atom is 0.255 e. The van der Waals surface area contributed by atoms with Crippen LogP contribution in [0.2, 0.25) is 0 Å². The van der Waals surface area contributed by atoms with Gasteiger partial charge in [0, 0.05) is 23.6 Å². The lowest BCUT2D eigenvalue weighted by atomic mass is 9.94. The quantitative estimate of drug-likeness (QED) is 0.864. The highest BCUT2D eigenvalue weighted by Gasteiger charge is 2.27. The number of nitrogens with zero attached hydrogens (tertiary/aromatic N) is 1. The van der Waals surface area contributed by atoms with E-state index in [0.717, 1.165) is 29.5 Å². The van der Waals surface area contributed by atoms with Crippen molar-refractivity contribution in [3.63, 3.8) is 0 Å². The van der Waals surface area contributed by atoms with E-state index in [4.69, 9.17) is 5.73 Å². The SMILES string of the molecule is CC1CN(C(=O)c2ccccc2Br)CCC1N. The van der Waals surface area contributed by atoms with Crippen LogP contribution in [0.25, 0.3) is 0 Å². The zero-order valence-electron chi connectivity index (χ0n) is 9.90. The van der Waals surface area contributed by atoms with Crippen LogP contribution in [0.3, 0.4) is 0 Å². The zero-order chi connectivity index (χ0) is 12.4. The third kappa shape index (κ3) is 2.69. The van der Waals surface area contributed by atoms with Gasteiger partial charge >= 0.3 is 0 Å². The molecule has 0 saturated carbocycles. The van der Waals surface area contributed by atoms with E-state index in [1.165, 1.54) is 0 Å². The highest BCUT2D eigenvalue weighted by molar-refractivity contribution is 9.10. The second kappa shape index (κ2) is 5.19. The molecule has 2 N–H and O–H groups in total. The van der Waals surface area contributed by atoms with Crippen molar-refractivity contribution in [2.24, 2.45) is 11.7 Å². The van der Waals surface area contributed by atoms with Crippen LogP contribution in [-0.4, -0.2) is 29.9 Å². The number of carbonyl (C=O) groups excluding carboxylic acids is 1. The second-order valence-electron chi connectivity index (χ2n) is 4.66. The minimum atomic E-state index is 0.0937. The lowest BCUT2D eigenvalue weighted by molar-refractivity contribution is 0.0663. The number of piperidine rings is 1. The number of hydrogen-bond acceptors (Lipinski definition) is 2. The van der Waals surface area contributed by atoms with Crippen molar-refractivity contribution >= 4 is 21.8 Å². The summed E-state index contributed by atoms with van der Waals surface area (Å²) in [6.45, 7) is 3.61. The summed E-state index contributed by atoms with van der Waals surface area (Å²) in [7, 11) is 0. The van der Waals surface area contributed by atoms with Crippen LogP contribution < -0.4 is 5.73 Å². The molecule has 1 fully saturated rings. The molecule has 3 nitrogen and oxygen atoms in total. The van der Waals surface area contributed by atoms with Crippen molar-refractivity contribution in [1.29, 1.82) is 0 Å². The maximum atomic E-state index is 12.3. The molecule has 0 spiro atoms. The average Bonchev–Trinajstić information content (AvgIpc) is 2.32. The molecule has 1 heterocycles.